The number of pyridine rings is 1. The van der Waals surface area contributed by atoms with Crippen molar-refractivity contribution in [2.75, 3.05) is 5.75 Å². The minimum absolute atomic E-state index is 0.0373. The van der Waals surface area contributed by atoms with Crippen LogP contribution in [-0.4, -0.2) is 44.3 Å². The van der Waals surface area contributed by atoms with E-state index in [0.29, 0.717) is 6.42 Å². The van der Waals surface area contributed by atoms with Gasteiger partial charge in [0.2, 0.25) is 0 Å². The number of Topliss-reactive ketones (excluding diaryl/α,β-unsaturated/α-hetero) is 2. The Morgan fingerprint density at radius 3 is 2.89 bits per heavy atom. The first-order chi connectivity index (χ1) is 17.1. The first kappa shape index (κ1) is 25.5. The maximum absolute atomic E-state index is 13.8. The number of thioether (sulfide) groups is 1. The molecule has 7 atom stereocenters. The quantitative estimate of drug-likeness (QED) is 0.244. The molecule has 3 aliphatic rings. The van der Waals surface area contributed by atoms with E-state index in [-0.39, 0.29) is 47.4 Å². The predicted octanol–water partition coefficient (Wildman–Crippen LogP) is 5.06. The van der Waals surface area contributed by atoms with Gasteiger partial charge in [0.25, 0.3) is 0 Å². The van der Waals surface area contributed by atoms with Gasteiger partial charge in [-0.15, -0.1) is 0 Å². The molecule has 5 unspecified atom stereocenters. The molecule has 36 heavy (non-hydrogen) atoms. The number of allylic oxidation sites excluding steroid dienone is 3. The van der Waals surface area contributed by atoms with Gasteiger partial charge in [-0.1, -0.05) is 62.1 Å². The van der Waals surface area contributed by atoms with E-state index >= 15 is 0 Å². The minimum atomic E-state index is -1.58. The van der Waals surface area contributed by atoms with E-state index in [9.17, 15) is 19.5 Å². The average molecular weight is 525 g/mol. The van der Waals surface area contributed by atoms with Gasteiger partial charge in [-0.25, -0.2) is 9.97 Å². The lowest BCUT2D eigenvalue weighted by molar-refractivity contribution is -0.169. The molecule has 3 fully saturated rings. The lowest BCUT2D eigenvalue weighted by atomic mass is 9.47. The standard InChI is InChI=1S/C28H32N2O4S2/c1-16-8-9-18-19-13-17(2)28(34,22(33)15-35-25-30-20-7-5-11-29-24(20)36-25)27(19,4)14-21(32)23(18)26(16,3)10-6-12-31/h5-7,10-12,17-19,23,34H,1,8-9,13-15H2,2-4H3/b10-6-/t17-,18?,19?,23?,26?,27?,28+/m1/s1. The van der Waals surface area contributed by atoms with Crippen molar-refractivity contribution in [2.45, 2.75) is 56.4 Å². The molecule has 5 rings (SSSR count). The highest BCUT2D eigenvalue weighted by Gasteiger charge is 2.70. The fourth-order valence-corrected chi connectivity index (χ4v) is 9.52. The van der Waals surface area contributed by atoms with E-state index in [0.717, 1.165) is 39.4 Å². The molecule has 0 spiro atoms. The Balaban J connectivity index is 1.43. The van der Waals surface area contributed by atoms with Gasteiger partial charge in [0.15, 0.2) is 10.1 Å². The van der Waals surface area contributed by atoms with Crippen molar-refractivity contribution in [3.63, 3.8) is 0 Å². The molecule has 6 nitrogen and oxygen atoms in total. The molecule has 0 aliphatic heterocycles. The summed E-state index contributed by atoms with van der Waals surface area (Å²) in [6.07, 6.45) is 8.19. The Kier molecular flexibility index (Phi) is 6.37. The van der Waals surface area contributed by atoms with Crippen LogP contribution in [0.15, 0.2) is 47.0 Å². The highest BCUT2D eigenvalue weighted by atomic mass is 32.2. The monoisotopic (exact) mass is 524 g/mol. The van der Waals surface area contributed by atoms with Crippen molar-refractivity contribution in [1.29, 1.82) is 0 Å². The van der Waals surface area contributed by atoms with Gasteiger partial charge in [0, 0.05) is 29.4 Å². The zero-order valence-electron chi connectivity index (χ0n) is 20.9. The topological polar surface area (TPSA) is 97.2 Å². The Morgan fingerprint density at radius 2 is 2.17 bits per heavy atom. The molecule has 3 saturated carbocycles. The van der Waals surface area contributed by atoms with Gasteiger partial charge < -0.3 is 5.11 Å². The molecule has 8 heteroatoms. The fraction of sp³-hybridized carbons (Fsp3) is 0.536. The van der Waals surface area contributed by atoms with Gasteiger partial charge in [-0.2, -0.15) is 0 Å². The van der Waals surface area contributed by atoms with E-state index in [1.54, 1.807) is 6.20 Å². The number of aromatic nitrogens is 2. The number of nitrogens with zero attached hydrogens (tertiary/aromatic N) is 2. The largest absolute Gasteiger partial charge is 0.381 e. The fourth-order valence-electron chi connectivity index (χ4n) is 7.59. The van der Waals surface area contributed by atoms with Gasteiger partial charge in [-0.05, 0) is 55.2 Å². The molecule has 1 N–H and O–H groups in total. The molecule has 190 valence electrons. The van der Waals surface area contributed by atoms with Gasteiger partial charge in [-0.3, -0.25) is 14.4 Å². The van der Waals surface area contributed by atoms with Crippen LogP contribution >= 0.6 is 23.1 Å². The van der Waals surface area contributed by atoms with E-state index in [1.807, 2.05) is 39.0 Å². The zero-order valence-corrected chi connectivity index (χ0v) is 22.5. The first-order valence-corrected chi connectivity index (χ1v) is 14.3. The van der Waals surface area contributed by atoms with Crippen LogP contribution in [0.25, 0.3) is 10.3 Å². The molecule has 0 saturated heterocycles. The molecule has 2 heterocycles. The lowest BCUT2D eigenvalue weighted by Crippen LogP contribution is -2.61. The number of aliphatic hydroxyl groups is 1. The summed E-state index contributed by atoms with van der Waals surface area (Å²) in [6, 6.07) is 3.73. The Bertz CT molecular complexity index is 1250. The van der Waals surface area contributed by atoms with Crippen LogP contribution in [0.4, 0.5) is 0 Å². The number of rotatable bonds is 6. The van der Waals surface area contributed by atoms with Crippen LogP contribution in [0.3, 0.4) is 0 Å². The minimum Gasteiger partial charge on any atom is -0.381 e. The second-order valence-corrected chi connectivity index (χ2v) is 13.4. The summed E-state index contributed by atoms with van der Waals surface area (Å²) in [4.78, 5) is 48.3. The third kappa shape index (κ3) is 3.59. The average Bonchev–Trinajstić information content (AvgIpc) is 3.35. The number of carbonyl (C=O) groups excluding carboxylic acids is 3. The van der Waals surface area contributed by atoms with Crippen LogP contribution in [0.1, 0.15) is 46.5 Å². The number of hydrogen-bond donors (Lipinski definition) is 1. The summed E-state index contributed by atoms with van der Waals surface area (Å²) in [5.41, 5.74) is -1.23. The van der Waals surface area contributed by atoms with Crippen LogP contribution in [0.2, 0.25) is 0 Å². The molecular weight excluding hydrogens is 492 g/mol. The highest BCUT2D eigenvalue weighted by molar-refractivity contribution is 8.01. The number of aldehydes is 1. The van der Waals surface area contributed by atoms with Crippen LogP contribution in [-0.2, 0) is 14.4 Å². The highest BCUT2D eigenvalue weighted by Crippen LogP contribution is 2.67. The van der Waals surface area contributed by atoms with Gasteiger partial charge in [0.05, 0.1) is 5.75 Å². The maximum Gasteiger partial charge on any atom is 0.175 e. The summed E-state index contributed by atoms with van der Waals surface area (Å²) in [5.74, 6) is -0.543. The van der Waals surface area contributed by atoms with Crippen LogP contribution < -0.4 is 0 Å². The maximum atomic E-state index is 13.8. The van der Waals surface area contributed by atoms with Crippen molar-refractivity contribution in [1.82, 2.24) is 9.97 Å². The zero-order chi connectivity index (χ0) is 25.9. The molecule has 2 aromatic rings. The normalized spacial score (nSPS) is 38.3. The predicted molar refractivity (Wildman–Crippen MR) is 142 cm³/mol. The van der Waals surface area contributed by atoms with Gasteiger partial charge >= 0.3 is 0 Å². The Hall–Kier alpha value is -2.16. The first-order valence-electron chi connectivity index (χ1n) is 12.5. The summed E-state index contributed by atoms with van der Waals surface area (Å²) >= 11 is 2.77. The molecule has 3 aliphatic carbocycles. The second kappa shape index (κ2) is 8.99. The number of ketones is 2. The van der Waals surface area contributed by atoms with E-state index in [2.05, 4.69) is 16.5 Å². The summed E-state index contributed by atoms with van der Waals surface area (Å²) in [6.45, 7) is 10.2. The van der Waals surface area contributed by atoms with E-state index in [4.69, 9.17) is 0 Å². The van der Waals surface area contributed by atoms with E-state index in [1.165, 1.54) is 29.2 Å². The molecule has 2 aromatic heterocycles. The number of thiazole rings is 1. The third-order valence-corrected chi connectivity index (χ3v) is 11.6. The van der Waals surface area contributed by atoms with Crippen molar-refractivity contribution in [3.05, 3.63) is 42.6 Å². The van der Waals surface area contributed by atoms with Crippen LogP contribution in [0.5, 0.6) is 0 Å². The molecule has 0 aromatic carbocycles. The molecule has 0 amide bonds. The SMILES string of the molecule is C=C1CCC2C(C(=O)CC3(C)C2C[C@@H](C)[C@]3(O)C(=O)CSc2nc3cccnc3s2)C1(C)/C=C\C=O. The number of carbonyl (C=O) groups is 3. The van der Waals surface area contributed by atoms with Crippen molar-refractivity contribution in [2.24, 2.45) is 34.5 Å². The summed E-state index contributed by atoms with van der Waals surface area (Å²) < 4.78 is 0.747. The molecule has 0 radical (unpaired) electrons. The third-order valence-electron chi connectivity index (χ3n) is 9.45. The van der Waals surface area contributed by atoms with Crippen molar-refractivity contribution in [3.8, 4) is 0 Å². The summed E-state index contributed by atoms with van der Waals surface area (Å²) in [5, 5.41) is 12.1. The molecular formula is C28H32N2O4S2. The Labute approximate surface area is 219 Å². The smallest absolute Gasteiger partial charge is 0.175 e. The van der Waals surface area contributed by atoms with Gasteiger partial charge in [0.1, 0.15) is 28.0 Å². The summed E-state index contributed by atoms with van der Waals surface area (Å²) in [7, 11) is 0. The van der Waals surface area contributed by atoms with Crippen molar-refractivity contribution >= 4 is 51.3 Å². The van der Waals surface area contributed by atoms with Crippen molar-refractivity contribution < 1.29 is 19.5 Å². The Morgan fingerprint density at radius 1 is 1.39 bits per heavy atom. The second-order valence-electron chi connectivity index (χ2n) is 11.2. The molecule has 0 bridgehead atoms. The van der Waals surface area contributed by atoms with Crippen LogP contribution in [0, 0.1) is 34.5 Å². The van der Waals surface area contributed by atoms with E-state index < -0.39 is 16.4 Å². The number of fused-ring (bicyclic) bond motifs is 4. The lowest BCUT2D eigenvalue weighted by Gasteiger charge is -2.56. The number of hydrogen-bond acceptors (Lipinski definition) is 8.